The van der Waals surface area contributed by atoms with Crippen LogP contribution in [0.2, 0.25) is 0 Å². The zero-order valence-electron chi connectivity index (χ0n) is 10.4. The van der Waals surface area contributed by atoms with Crippen molar-refractivity contribution in [2.24, 2.45) is 5.92 Å². The third-order valence-electron chi connectivity index (χ3n) is 2.96. The predicted octanol–water partition coefficient (Wildman–Crippen LogP) is 3.70. The summed E-state index contributed by atoms with van der Waals surface area (Å²) in [6, 6.07) is 2.33. The molecule has 18 heavy (non-hydrogen) atoms. The van der Waals surface area contributed by atoms with E-state index in [1.807, 2.05) is 13.8 Å². The largest absolute Gasteiger partial charge is 0.513 e. The van der Waals surface area contributed by atoms with Crippen molar-refractivity contribution in [3.63, 3.8) is 0 Å². The second-order valence-corrected chi connectivity index (χ2v) is 4.25. The maximum atomic E-state index is 13.0. The molecule has 0 spiro atoms. The molecule has 0 aliphatic carbocycles. The van der Waals surface area contributed by atoms with E-state index in [9.17, 15) is 17.3 Å². The van der Waals surface area contributed by atoms with E-state index in [0.717, 1.165) is 31.0 Å². The van der Waals surface area contributed by atoms with Crippen molar-refractivity contribution in [3.8, 4) is 5.75 Å². The maximum Gasteiger partial charge on any atom is 0.513 e. The lowest BCUT2D eigenvalue weighted by Gasteiger charge is -2.21. The van der Waals surface area contributed by atoms with Crippen molar-refractivity contribution in [2.45, 2.75) is 26.7 Å². The second-order valence-electron chi connectivity index (χ2n) is 4.25. The van der Waals surface area contributed by atoms with E-state index < -0.39 is 24.0 Å². The first-order chi connectivity index (χ1) is 8.38. The minimum absolute atomic E-state index is 0.176. The molecule has 0 saturated heterocycles. The highest BCUT2D eigenvalue weighted by atomic mass is 19.4. The summed E-state index contributed by atoms with van der Waals surface area (Å²) in [5.74, 6) is -0.949. The van der Waals surface area contributed by atoms with Crippen LogP contribution in [0.25, 0.3) is 0 Å². The van der Waals surface area contributed by atoms with Gasteiger partial charge >= 0.3 is 6.98 Å². The molecule has 1 aromatic carbocycles. The molecule has 0 atom stereocenters. The smallest absolute Gasteiger partial charge is 0.496 e. The van der Waals surface area contributed by atoms with Crippen LogP contribution in [0.4, 0.5) is 17.3 Å². The van der Waals surface area contributed by atoms with Crippen molar-refractivity contribution in [1.82, 2.24) is 0 Å². The van der Waals surface area contributed by atoms with Crippen LogP contribution >= 0.6 is 0 Å². The van der Waals surface area contributed by atoms with E-state index in [1.165, 1.54) is 0 Å². The summed E-state index contributed by atoms with van der Waals surface area (Å²) < 4.78 is 56.3. The molecule has 0 fully saturated rings. The summed E-state index contributed by atoms with van der Waals surface area (Å²) in [6.07, 6.45) is 1.64. The lowest BCUT2D eigenvalue weighted by molar-refractivity contribution is 0.240. The van der Waals surface area contributed by atoms with Gasteiger partial charge in [0.05, 0.1) is 12.4 Å². The fourth-order valence-electron chi connectivity index (χ4n) is 1.64. The summed E-state index contributed by atoms with van der Waals surface area (Å²) >= 11 is 0. The Morgan fingerprint density at radius 1 is 1.17 bits per heavy atom. The first-order valence-electron chi connectivity index (χ1n) is 6.00. The first kappa shape index (κ1) is 14.9. The molecule has 0 aliphatic heterocycles. The van der Waals surface area contributed by atoms with Gasteiger partial charge in [-0.2, -0.15) is 0 Å². The quantitative estimate of drug-likeness (QED) is 0.561. The van der Waals surface area contributed by atoms with Gasteiger partial charge in [0.1, 0.15) is 5.82 Å². The Hall–Kier alpha value is -1.20. The summed E-state index contributed by atoms with van der Waals surface area (Å²) in [4.78, 5) is 0. The van der Waals surface area contributed by atoms with Crippen molar-refractivity contribution < 1.29 is 22.1 Å². The zero-order valence-corrected chi connectivity index (χ0v) is 10.4. The standard InChI is InChI=1S/C12H16BF4O/c1-3-9(4-2)8-18-12-7-10(14)5-6-11(12)13(15,16)17/h5-7,9H,3-4,8H2,1-2H3/q-1. The molecule has 0 aromatic heterocycles. The van der Waals surface area contributed by atoms with Crippen LogP contribution in [-0.2, 0) is 0 Å². The van der Waals surface area contributed by atoms with Crippen LogP contribution in [0.3, 0.4) is 0 Å². The Kier molecular flexibility index (Phi) is 5.05. The lowest BCUT2D eigenvalue weighted by Crippen LogP contribution is -2.35. The predicted molar refractivity (Wildman–Crippen MR) is 64.7 cm³/mol. The molecule has 1 rings (SSSR count). The normalized spacial score (nSPS) is 11.9. The topological polar surface area (TPSA) is 9.23 Å². The Balaban J connectivity index is 2.89. The Labute approximate surface area is 104 Å². The minimum Gasteiger partial charge on any atom is -0.496 e. The van der Waals surface area contributed by atoms with Gasteiger partial charge in [-0.1, -0.05) is 38.2 Å². The van der Waals surface area contributed by atoms with Crippen LogP contribution in [0.5, 0.6) is 5.75 Å². The SMILES string of the molecule is CCC(CC)COc1cc(F)ccc1[B-](F)(F)F. The summed E-state index contributed by atoms with van der Waals surface area (Å²) in [6.45, 7) is -1.12. The molecule has 0 N–H and O–H groups in total. The first-order valence-corrected chi connectivity index (χ1v) is 6.00. The molecule has 6 heteroatoms. The third-order valence-corrected chi connectivity index (χ3v) is 2.96. The van der Waals surface area contributed by atoms with Crippen molar-refractivity contribution >= 4 is 12.4 Å². The Morgan fingerprint density at radius 3 is 2.28 bits per heavy atom. The third kappa shape index (κ3) is 3.93. The van der Waals surface area contributed by atoms with Gasteiger partial charge in [-0.15, -0.1) is 0 Å². The van der Waals surface area contributed by atoms with Crippen molar-refractivity contribution in [1.29, 1.82) is 0 Å². The van der Waals surface area contributed by atoms with Crippen LogP contribution in [0, 0.1) is 11.7 Å². The van der Waals surface area contributed by atoms with Gasteiger partial charge in [0.25, 0.3) is 0 Å². The average molecular weight is 263 g/mol. The van der Waals surface area contributed by atoms with Gasteiger partial charge in [0.2, 0.25) is 0 Å². The molecule has 0 amide bonds. The van der Waals surface area contributed by atoms with Crippen LogP contribution in [0.1, 0.15) is 26.7 Å². The molecule has 0 heterocycles. The molecule has 1 aromatic rings. The molecule has 102 valence electrons. The summed E-state index contributed by atoms with van der Waals surface area (Å²) in [5, 5.41) is 0. The van der Waals surface area contributed by atoms with E-state index >= 15 is 0 Å². The van der Waals surface area contributed by atoms with E-state index in [4.69, 9.17) is 4.74 Å². The average Bonchev–Trinajstić information content (AvgIpc) is 2.28. The van der Waals surface area contributed by atoms with Crippen LogP contribution < -0.4 is 10.2 Å². The van der Waals surface area contributed by atoms with Crippen LogP contribution in [-0.4, -0.2) is 13.6 Å². The number of hydrogen-bond acceptors (Lipinski definition) is 1. The second kappa shape index (κ2) is 6.11. The van der Waals surface area contributed by atoms with E-state index in [2.05, 4.69) is 0 Å². The van der Waals surface area contributed by atoms with E-state index in [-0.39, 0.29) is 12.5 Å². The van der Waals surface area contributed by atoms with E-state index in [1.54, 1.807) is 0 Å². The molecular weight excluding hydrogens is 247 g/mol. The van der Waals surface area contributed by atoms with E-state index in [0.29, 0.717) is 0 Å². The van der Waals surface area contributed by atoms with Gasteiger partial charge in [0, 0.05) is 6.07 Å². The molecule has 0 saturated carbocycles. The number of hydrogen-bond donors (Lipinski definition) is 0. The zero-order chi connectivity index (χ0) is 13.8. The fraction of sp³-hybridized carbons (Fsp3) is 0.500. The fourth-order valence-corrected chi connectivity index (χ4v) is 1.64. The highest BCUT2D eigenvalue weighted by Gasteiger charge is 2.29. The highest BCUT2D eigenvalue weighted by Crippen LogP contribution is 2.20. The number of ether oxygens (including phenoxy) is 1. The van der Waals surface area contributed by atoms with Gasteiger partial charge in [0.15, 0.2) is 0 Å². The van der Waals surface area contributed by atoms with Gasteiger partial charge in [-0.25, -0.2) is 4.39 Å². The monoisotopic (exact) mass is 263 g/mol. The molecule has 0 unspecified atom stereocenters. The van der Waals surface area contributed by atoms with Gasteiger partial charge in [-0.05, 0) is 12.0 Å². The molecular formula is C12H16BF4O-. The summed E-state index contributed by atoms with van der Waals surface area (Å²) in [5.41, 5.74) is -0.873. The number of halogens is 4. The lowest BCUT2D eigenvalue weighted by atomic mass is 9.79. The maximum absolute atomic E-state index is 13.0. The van der Waals surface area contributed by atoms with Crippen molar-refractivity contribution in [2.75, 3.05) is 6.61 Å². The molecule has 0 aliphatic rings. The van der Waals surface area contributed by atoms with Crippen molar-refractivity contribution in [3.05, 3.63) is 24.0 Å². The molecule has 0 bridgehead atoms. The number of rotatable bonds is 6. The number of benzene rings is 1. The van der Waals surface area contributed by atoms with Gasteiger partial charge in [-0.3, -0.25) is 0 Å². The highest BCUT2D eigenvalue weighted by molar-refractivity contribution is 6.74. The van der Waals surface area contributed by atoms with Gasteiger partial charge < -0.3 is 17.7 Å². The molecule has 1 nitrogen and oxygen atoms in total. The van der Waals surface area contributed by atoms with Crippen LogP contribution in [0.15, 0.2) is 18.2 Å². The minimum atomic E-state index is -5.19. The Morgan fingerprint density at radius 2 is 1.78 bits per heavy atom. The molecule has 0 radical (unpaired) electrons. The Bertz CT molecular complexity index is 388. The summed E-state index contributed by atoms with van der Waals surface area (Å²) in [7, 11) is 0.